The maximum atomic E-state index is 6.76. The van der Waals surface area contributed by atoms with E-state index in [4.69, 9.17) is 14.0 Å². The molecule has 3 nitrogen and oxygen atoms in total. The highest BCUT2D eigenvalue weighted by Gasteiger charge is 2.66. The van der Waals surface area contributed by atoms with Crippen molar-refractivity contribution >= 4 is 7.12 Å². The van der Waals surface area contributed by atoms with Crippen LogP contribution in [0.5, 0.6) is 0 Å². The largest absolute Gasteiger partial charge is 0.469 e. The molecule has 4 atom stereocenters. The van der Waals surface area contributed by atoms with Crippen molar-refractivity contribution in [3.05, 3.63) is 23.3 Å². The maximum absolute atomic E-state index is 6.76. The lowest BCUT2D eigenvalue weighted by molar-refractivity contribution is -0.110. The van der Waals surface area contributed by atoms with Gasteiger partial charge in [-0.3, -0.25) is 0 Å². The van der Waals surface area contributed by atoms with Crippen molar-refractivity contribution in [3.63, 3.8) is 0 Å². The third kappa shape index (κ3) is 2.89. The van der Waals surface area contributed by atoms with E-state index in [1.807, 2.05) is 0 Å². The van der Waals surface area contributed by atoms with E-state index in [0.717, 1.165) is 32.1 Å². The highest BCUT2D eigenvalue weighted by Crippen LogP contribution is 2.65. The summed E-state index contributed by atoms with van der Waals surface area (Å²) in [5.74, 6) is 0.491. The summed E-state index contributed by atoms with van der Waals surface area (Å²) < 4.78 is 20.1. The zero-order valence-corrected chi connectivity index (χ0v) is 18.1. The summed E-state index contributed by atoms with van der Waals surface area (Å²) >= 11 is 0. The average Bonchev–Trinajstić information content (AvgIpc) is 2.88. The molecule has 0 unspecified atom stereocenters. The Hall–Kier alpha value is -0.575. The Morgan fingerprint density at radius 3 is 2.30 bits per heavy atom. The second-order valence-electron chi connectivity index (χ2n) is 10.1. The van der Waals surface area contributed by atoms with Crippen LogP contribution >= 0.6 is 0 Å². The molecule has 2 saturated heterocycles. The van der Waals surface area contributed by atoms with E-state index in [0.29, 0.717) is 18.1 Å². The Labute approximate surface area is 166 Å². The van der Waals surface area contributed by atoms with Gasteiger partial charge in [-0.05, 0) is 78.6 Å². The molecule has 27 heavy (non-hydrogen) atoms. The van der Waals surface area contributed by atoms with Crippen LogP contribution in [0.3, 0.4) is 0 Å². The number of hydrogen-bond donors (Lipinski definition) is 0. The minimum atomic E-state index is -0.290. The number of hydrogen-bond acceptors (Lipinski definition) is 3. The maximum Gasteiger partial charge on any atom is 0.469 e. The predicted octanol–water partition coefficient (Wildman–Crippen LogP) is 5.85. The van der Waals surface area contributed by atoms with Crippen LogP contribution in [-0.2, 0) is 14.0 Å². The molecule has 4 heteroatoms. The summed E-state index contributed by atoms with van der Waals surface area (Å²) in [7, 11) is -0.170. The molecule has 2 fully saturated rings. The first-order chi connectivity index (χ1) is 12.7. The molecule has 0 N–H and O–H groups in total. The van der Waals surface area contributed by atoms with Gasteiger partial charge in [-0.25, -0.2) is 0 Å². The molecule has 0 radical (unpaired) electrons. The summed E-state index contributed by atoms with van der Waals surface area (Å²) in [6.07, 6.45) is 13.1. The third-order valence-electron chi connectivity index (χ3n) is 8.17. The van der Waals surface area contributed by atoms with E-state index in [-0.39, 0.29) is 23.6 Å². The Balaban J connectivity index is 1.83. The van der Waals surface area contributed by atoms with Gasteiger partial charge >= 0.3 is 7.12 Å². The Morgan fingerprint density at radius 1 is 1.00 bits per heavy atom. The van der Waals surface area contributed by atoms with Crippen molar-refractivity contribution in [1.29, 1.82) is 0 Å². The van der Waals surface area contributed by atoms with E-state index < -0.39 is 0 Å². The van der Waals surface area contributed by atoms with Crippen molar-refractivity contribution < 1.29 is 14.0 Å². The second kappa shape index (κ2) is 6.74. The molecule has 0 aromatic carbocycles. The van der Waals surface area contributed by atoms with Crippen LogP contribution in [0.25, 0.3) is 0 Å². The summed E-state index contributed by atoms with van der Waals surface area (Å²) in [6.45, 7) is 13.3. The van der Waals surface area contributed by atoms with Crippen LogP contribution in [0.15, 0.2) is 23.3 Å². The molecule has 4 rings (SSSR count). The minimum absolute atomic E-state index is 0.0387. The Morgan fingerprint density at radius 2 is 1.67 bits per heavy atom. The van der Waals surface area contributed by atoms with E-state index >= 15 is 0 Å². The summed E-state index contributed by atoms with van der Waals surface area (Å²) in [5, 5.41) is -0.0387. The quantitative estimate of drug-likeness (QED) is 0.459. The first kappa shape index (κ1) is 19.7. The molecular weight excluding hydrogens is 335 g/mol. The number of rotatable bonds is 3. The molecule has 0 bridgehead atoms. The fourth-order valence-electron chi connectivity index (χ4n) is 5.92. The minimum Gasteiger partial charge on any atom is -0.403 e. The Bertz CT molecular complexity index is 634. The molecule has 2 aliphatic heterocycles. The van der Waals surface area contributed by atoms with Gasteiger partial charge in [0.15, 0.2) is 0 Å². The zero-order chi connectivity index (χ0) is 19.4. The van der Waals surface area contributed by atoms with Crippen molar-refractivity contribution in [3.8, 4) is 0 Å². The molecule has 4 aliphatic rings. The van der Waals surface area contributed by atoms with E-state index in [2.05, 4.69) is 53.7 Å². The van der Waals surface area contributed by atoms with Crippen LogP contribution in [0.1, 0.15) is 86.5 Å². The molecule has 0 spiro atoms. The fourth-order valence-corrected chi connectivity index (χ4v) is 5.92. The van der Waals surface area contributed by atoms with Crippen molar-refractivity contribution in [2.24, 2.45) is 5.92 Å². The van der Waals surface area contributed by atoms with E-state index in [1.54, 1.807) is 11.1 Å². The lowest BCUT2D eigenvalue weighted by atomic mass is 9.40. The molecule has 0 aromatic heterocycles. The number of fused-ring (bicyclic) bond motifs is 2. The van der Waals surface area contributed by atoms with Gasteiger partial charge in [0.1, 0.15) is 0 Å². The van der Waals surface area contributed by atoms with Gasteiger partial charge in [0, 0.05) is 5.31 Å². The molecule has 0 aromatic rings. The smallest absolute Gasteiger partial charge is 0.403 e. The van der Waals surface area contributed by atoms with E-state index in [9.17, 15) is 0 Å². The summed E-state index contributed by atoms with van der Waals surface area (Å²) in [6, 6.07) is 0. The fraction of sp³-hybridized carbons (Fsp3) is 0.826. The van der Waals surface area contributed by atoms with Crippen LogP contribution < -0.4 is 0 Å². The van der Waals surface area contributed by atoms with Crippen molar-refractivity contribution in [2.75, 3.05) is 0 Å². The molecule has 2 heterocycles. The van der Waals surface area contributed by atoms with Gasteiger partial charge in [0.25, 0.3) is 0 Å². The monoisotopic (exact) mass is 372 g/mol. The van der Waals surface area contributed by atoms with Gasteiger partial charge < -0.3 is 14.0 Å². The predicted molar refractivity (Wildman–Crippen MR) is 111 cm³/mol. The van der Waals surface area contributed by atoms with Gasteiger partial charge in [-0.1, -0.05) is 37.1 Å². The highest BCUT2D eigenvalue weighted by atomic mass is 16.7. The molecule has 150 valence electrons. The van der Waals surface area contributed by atoms with Gasteiger partial charge in [0.05, 0.1) is 23.4 Å². The van der Waals surface area contributed by atoms with Crippen LogP contribution in [0.2, 0.25) is 5.31 Å². The van der Waals surface area contributed by atoms with Crippen molar-refractivity contribution in [2.45, 2.75) is 115 Å². The first-order valence-electron chi connectivity index (χ1n) is 11.1. The van der Waals surface area contributed by atoms with Crippen molar-refractivity contribution in [1.82, 2.24) is 0 Å². The standard InChI is InChI=1S/C23H37BO3/c1-7-17-15-23(24-26-21(3,4)22(5,6)27-24)18-12-10-9-11-16(18)13-14-19(23)20(8-2)25-17/h9-10,17,19-20H,7-8,11-15H2,1-6H3/t17-,19+,20+,23+/m1/s1. The van der Waals surface area contributed by atoms with Gasteiger partial charge in [-0.2, -0.15) is 0 Å². The normalized spacial score (nSPS) is 40.1. The lowest BCUT2D eigenvalue weighted by Crippen LogP contribution is -2.55. The molecule has 2 aliphatic carbocycles. The number of allylic oxidation sites excluding steroid dienone is 4. The zero-order valence-electron chi connectivity index (χ0n) is 18.1. The average molecular weight is 372 g/mol. The first-order valence-corrected chi connectivity index (χ1v) is 11.1. The third-order valence-corrected chi connectivity index (χ3v) is 8.17. The second-order valence-corrected chi connectivity index (χ2v) is 10.1. The van der Waals surface area contributed by atoms with Crippen LogP contribution in [-0.4, -0.2) is 30.5 Å². The molecule has 0 amide bonds. The highest BCUT2D eigenvalue weighted by molar-refractivity contribution is 6.51. The van der Waals surface area contributed by atoms with Crippen LogP contribution in [0, 0.1) is 5.92 Å². The Kier molecular flexibility index (Phi) is 4.93. The molecule has 0 saturated carbocycles. The van der Waals surface area contributed by atoms with E-state index in [1.165, 1.54) is 12.8 Å². The summed E-state index contributed by atoms with van der Waals surface area (Å²) in [4.78, 5) is 0. The topological polar surface area (TPSA) is 27.7 Å². The summed E-state index contributed by atoms with van der Waals surface area (Å²) in [5.41, 5.74) is 2.69. The van der Waals surface area contributed by atoms with Crippen LogP contribution in [0.4, 0.5) is 0 Å². The molecular formula is C23H37BO3. The lowest BCUT2D eigenvalue weighted by Gasteiger charge is -2.55. The van der Waals surface area contributed by atoms with Gasteiger partial charge in [0.2, 0.25) is 0 Å². The number of ether oxygens (including phenoxy) is 1. The SMILES string of the molecule is CC[C@@H]1C[C@]2(B3OC(C)(C)C(C)(C)O3)C3=C(CC=CC3)CC[C@H]2[C@H](CC)O1. The van der Waals surface area contributed by atoms with Gasteiger partial charge in [-0.15, -0.1) is 0 Å².